The topological polar surface area (TPSA) is 59.0 Å². The predicted octanol–water partition coefficient (Wildman–Crippen LogP) is 2.65. The second-order valence-corrected chi connectivity index (χ2v) is 5.44. The van der Waals surface area contributed by atoms with E-state index in [4.69, 9.17) is 14.6 Å². The SMILES string of the molecule is COc1ccc(C(=O)O)cc1OCCC1CCCCN1C. The summed E-state index contributed by atoms with van der Waals surface area (Å²) in [6.45, 7) is 1.71. The summed E-state index contributed by atoms with van der Waals surface area (Å²) in [5.74, 6) is 0.0994. The van der Waals surface area contributed by atoms with Gasteiger partial charge in [0.05, 0.1) is 19.3 Å². The smallest absolute Gasteiger partial charge is 0.335 e. The molecule has 1 aliphatic rings. The van der Waals surface area contributed by atoms with Gasteiger partial charge in [0.15, 0.2) is 11.5 Å². The third kappa shape index (κ3) is 4.11. The fourth-order valence-electron chi connectivity index (χ4n) is 2.74. The molecule has 0 spiro atoms. The van der Waals surface area contributed by atoms with Gasteiger partial charge in [0.25, 0.3) is 0 Å². The zero-order chi connectivity index (χ0) is 15.2. The number of aromatic carboxylic acids is 1. The molecule has 116 valence electrons. The van der Waals surface area contributed by atoms with Crippen molar-refractivity contribution in [3.63, 3.8) is 0 Å². The number of piperidine rings is 1. The Bertz CT molecular complexity index is 489. The molecule has 1 fully saturated rings. The number of hydrogen-bond acceptors (Lipinski definition) is 4. The first-order chi connectivity index (χ1) is 10.1. The molecule has 1 saturated heterocycles. The van der Waals surface area contributed by atoms with E-state index >= 15 is 0 Å². The molecule has 1 aromatic carbocycles. The third-order valence-corrected chi connectivity index (χ3v) is 4.04. The quantitative estimate of drug-likeness (QED) is 0.873. The van der Waals surface area contributed by atoms with Crippen LogP contribution in [-0.2, 0) is 0 Å². The van der Waals surface area contributed by atoms with Crippen molar-refractivity contribution in [2.45, 2.75) is 31.7 Å². The van der Waals surface area contributed by atoms with Crippen molar-refractivity contribution >= 4 is 5.97 Å². The van der Waals surface area contributed by atoms with Crippen molar-refractivity contribution in [1.82, 2.24) is 4.90 Å². The van der Waals surface area contributed by atoms with Gasteiger partial charge in [-0.25, -0.2) is 4.79 Å². The van der Waals surface area contributed by atoms with Crippen molar-refractivity contribution in [1.29, 1.82) is 0 Å². The van der Waals surface area contributed by atoms with Gasteiger partial charge in [-0.1, -0.05) is 6.42 Å². The van der Waals surface area contributed by atoms with E-state index < -0.39 is 5.97 Å². The largest absolute Gasteiger partial charge is 0.493 e. The van der Waals surface area contributed by atoms with E-state index in [0.717, 1.165) is 13.0 Å². The van der Waals surface area contributed by atoms with Crippen molar-refractivity contribution < 1.29 is 19.4 Å². The number of likely N-dealkylation sites (tertiary alicyclic amines) is 1. The molecule has 1 atom stereocenters. The molecule has 1 unspecified atom stereocenters. The van der Waals surface area contributed by atoms with Crippen LogP contribution in [0, 0.1) is 0 Å². The number of carboxylic acids is 1. The van der Waals surface area contributed by atoms with Gasteiger partial charge < -0.3 is 19.5 Å². The van der Waals surface area contributed by atoms with Crippen molar-refractivity contribution in [3.05, 3.63) is 23.8 Å². The molecule has 1 heterocycles. The molecule has 0 aromatic heterocycles. The van der Waals surface area contributed by atoms with Crippen LogP contribution in [0.25, 0.3) is 0 Å². The van der Waals surface area contributed by atoms with Crippen molar-refractivity contribution in [2.75, 3.05) is 27.3 Å². The van der Waals surface area contributed by atoms with Gasteiger partial charge in [0.2, 0.25) is 0 Å². The highest BCUT2D eigenvalue weighted by atomic mass is 16.5. The summed E-state index contributed by atoms with van der Waals surface area (Å²) in [5, 5.41) is 9.03. The summed E-state index contributed by atoms with van der Waals surface area (Å²) in [6, 6.07) is 5.22. The van der Waals surface area contributed by atoms with Crippen LogP contribution in [0.1, 0.15) is 36.0 Å². The number of carbonyl (C=O) groups is 1. The first kappa shape index (κ1) is 15.6. The normalized spacial score (nSPS) is 19.2. The van der Waals surface area contributed by atoms with Crippen LogP contribution in [0.15, 0.2) is 18.2 Å². The molecule has 1 N–H and O–H groups in total. The van der Waals surface area contributed by atoms with Crippen molar-refractivity contribution in [2.24, 2.45) is 0 Å². The molecule has 5 nitrogen and oxygen atoms in total. The fraction of sp³-hybridized carbons (Fsp3) is 0.562. The minimum Gasteiger partial charge on any atom is -0.493 e. The Morgan fingerprint density at radius 2 is 2.19 bits per heavy atom. The number of ether oxygens (including phenoxy) is 2. The van der Waals surface area contributed by atoms with Gasteiger partial charge in [-0.05, 0) is 51.1 Å². The van der Waals surface area contributed by atoms with Crippen LogP contribution in [0.5, 0.6) is 11.5 Å². The molecule has 2 rings (SSSR count). The second kappa shape index (κ2) is 7.31. The number of hydrogen-bond donors (Lipinski definition) is 1. The molecule has 0 aliphatic carbocycles. The monoisotopic (exact) mass is 293 g/mol. The molecule has 0 radical (unpaired) electrons. The molecular formula is C16H23NO4. The predicted molar refractivity (Wildman–Crippen MR) is 80.3 cm³/mol. The van der Waals surface area contributed by atoms with E-state index in [9.17, 15) is 4.79 Å². The summed E-state index contributed by atoms with van der Waals surface area (Å²) in [7, 11) is 3.70. The highest BCUT2D eigenvalue weighted by Gasteiger charge is 2.19. The Labute approximate surface area is 125 Å². The molecule has 0 bridgehead atoms. The maximum Gasteiger partial charge on any atom is 0.335 e. The van der Waals surface area contributed by atoms with E-state index in [1.165, 1.54) is 31.4 Å². The lowest BCUT2D eigenvalue weighted by Gasteiger charge is -2.32. The highest BCUT2D eigenvalue weighted by Crippen LogP contribution is 2.28. The van der Waals surface area contributed by atoms with Crippen LogP contribution >= 0.6 is 0 Å². The van der Waals surface area contributed by atoms with Gasteiger partial charge in [-0.2, -0.15) is 0 Å². The highest BCUT2D eigenvalue weighted by molar-refractivity contribution is 5.88. The summed E-state index contributed by atoms with van der Waals surface area (Å²) in [5.41, 5.74) is 0.209. The zero-order valence-electron chi connectivity index (χ0n) is 12.7. The summed E-state index contributed by atoms with van der Waals surface area (Å²) in [6.07, 6.45) is 4.68. The number of carboxylic acid groups (broad SMARTS) is 1. The first-order valence-electron chi connectivity index (χ1n) is 7.36. The Kier molecular flexibility index (Phi) is 5.44. The van der Waals surface area contributed by atoms with Crippen LogP contribution in [0.4, 0.5) is 0 Å². The molecular weight excluding hydrogens is 270 g/mol. The lowest BCUT2D eigenvalue weighted by molar-refractivity contribution is 0.0696. The van der Waals surface area contributed by atoms with Crippen LogP contribution in [-0.4, -0.2) is 49.3 Å². The van der Waals surface area contributed by atoms with E-state index in [1.807, 2.05) is 0 Å². The lowest BCUT2D eigenvalue weighted by atomic mass is 10.0. The van der Waals surface area contributed by atoms with E-state index in [2.05, 4.69) is 11.9 Å². The number of benzene rings is 1. The van der Waals surface area contributed by atoms with Crippen LogP contribution in [0.3, 0.4) is 0 Å². The summed E-state index contributed by atoms with van der Waals surface area (Å²) < 4.78 is 11.0. The van der Waals surface area contributed by atoms with Gasteiger partial charge in [0, 0.05) is 6.04 Å². The second-order valence-electron chi connectivity index (χ2n) is 5.44. The minimum absolute atomic E-state index is 0.209. The first-order valence-corrected chi connectivity index (χ1v) is 7.36. The Balaban J connectivity index is 1.95. The van der Waals surface area contributed by atoms with Crippen molar-refractivity contribution in [3.8, 4) is 11.5 Å². The van der Waals surface area contributed by atoms with Gasteiger partial charge in [-0.15, -0.1) is 0 Å². The molecule has 0 saturated carbocycles. The van der Waals surface area contributed by atoms with Crippen LogP contribution in [0.2, 0.25) is 0 Å². The molecule has 1 aliphatic heterocycles. The van der Waals surface area contributed by atoms with Gasteiger partial charge >= 0.3 is 5.97 Å². The Hall–Kier alpha value is -1.75. The zero-order valence-corrected chi connectivity index (χ0v) is 12.7. The Morgan fingerprint density at radius 3 is 2.86 bits per heavy atom. The lowest BCUT2D eigenvalue weighted by Crippen LogP contribution is -2.37. The molecule has 5 heteroatoms. The van der Waals surface area contributed by atoms with E-state index in [1.54, 1.807) is 13.2 Å². The molecule has 1 aromatic rings. The standard InChI is InChI=1S/C16H23NO4/c1-17-9-4-3-5-13(17)8-10-21-15-11-12(16(18)19)6-7-14(15)20-2/h6-7,11,13H,3-5,8-10H2,1-2H3,(H,18,19). The molecule has 21 heavy (non-hydrogen) atoms. The average Bonchev–Trinajstić information content (AvgIpc) is 2.49. The average molecular weight is 293 g/mol. The fourth-order valence-corrected chi connectivity index (χ4v) is 2.74. The van der Waals surface area contributed by atoms with E-state index in [-0.39, 0.29) is 5.56 Å². The van der Waals surface area contributed by atoms with Crippen LogP contribution < -0.4 is 9.47 Å². The Morgan fingerprint density at radius 1 is 1.38 bits per heavy atom. The number of nitrogens with zero attached hydrogens (tertiary/aromatic N) is 1. The maximum atomic E-state index is 11.0. The number of rotatable bonds is 6. The minimum atomic E-state index is -0.963. The maximum absolute atomic E-state index is 11.0. The van der Waals surface area contributed by atoms with Gasteiger partial charge in [0.1, 0.15) is 0 Å². The van der Waals surface area contributed by atoms with E-state index in [0.29, 0.717) is 24.1 Å². The molecule has 0 amide bonds. The third-order valence-electron chi connectivity index (χ3n) is 4.04. The summed E-state index contributed by atoms with van der Waals surface area (Å²) >= 11 is 0. The summed E-state index contributed by atoms with van der Waals surface area (Å²) in [4.78, 5) is 13.4. The van der Waals surface area contributed by atoms with Gasteiger partial charge in [-0.3, -0.25) is 0 Å². The number of methoxy groups -OCH3 is 1.